The smallest absolute Gasteiger partial charge is 0.307 e. The molecule has 0 radical (unpaired) electrons. The highest BCUT2D eigenvalue weighted by Crippen LogP contribution is 2.41. The monoisotopic (exact) mass is 284 g/mol. The van der Waals surface area contributed by atoms with Crippen LogP contribution in [0, 0.1) is 5.92 Å². The number of hydrogen-bond donors (Lipinski definition) is 2. The van der Waals surface area contributed by atoms with Gasteiger partial charge in [0, 0.05) is 29.1 Å². The van der Waals surface area contributed by atoms with Gasteiger partial charge in [0.2, 0.25) is 0 Å². The van der Waals surface area contributed by atoms with E-state index >= 15 is 0 Å². The standard InChI is InChI=1S/C17H20N2O2/c20-16(21)9-13-12-3-1-2-4-15(12)18-17(13)14-10-19-7-5-11(14)6-8-19/h1-4,11,14,18H,5-10H2,(H,20,21). The Bertz CT molecular complexity index is 683. The summed E-state index contributed by atoms with van der Waals surface area (Å²) in [6, 6.07) is 8.08. The number of aromatic nitrogens is 1. The number of para-hydroxylation sites is 1. The number of carboxylic acid groups (broad SMARTS) is 1. The first-order valence-electron chi connectivity index (χ1n) is 7.76. The van der Waals surface area contributed by atoms with Crippen molar-refractivity contribution in [2.45, 2.75) is 25.2 Å². The van der Waals surface area contributed by atoms with Crippen LogP contribution in [0.25, 0.3) is 10.9 Å². The third-order valence-electron chi connectivity index (χ3n) is 5.20. The molecular formula is C17H20N2O2. The predicted molar refractivity (Wildman–Crippen MR) is 81.5 cm³/mol. The number of hydrogen-bond acceptors (Lipinski definition) is 2. The summed E-state index contributed by atoms with van der Waals surface area (Å²) in [5.74, 6) is 0.423. The van der Waals surface area contributed by atoms with E-state index in [2.05, 4.69) is 9.88 Å². The number of rotatable bonds is 3. The molecule has 4 heteroatoms. The molecule has 3 fully saturated rings. The van der Waals surface area contributed by atoms with Crippen LogP contribution in [0.4, 0.5) is 0 Å². The number of aliphatic carboxylic acids is 1. The van der Waals surface area contributed by atoms with Crippen molar-refractivity contribution < 1.29 is 9.90 Å². The van der Waals surface area contributed by atoms with Gasteiger partial charge in [-0.1, -0.05) is 18.2 Å². The molecule has 4 heterocycles. The van der Waals surface area contributed by atoms with E-state index in [4.69, 9.17) is 0 Å². The molecule has 5 rings (SSSR count). The van der Waals surface area contributed by atoms with Crippen LogP contribution in [0.1, 0.15) is 30.0 Å². The Morgan fingerprint density at radius 3 is 2.71 bits per heavy atom. The molecule has 2 bridgehead atoms. The predicted octanol–water partition coefficient (Wildman–Crippen LogP) is 2.60. The first-order chi connectivity index (χ1) is 10.2. The van der Waals surface area contributed by atoms with E-state index in [0.29, 0.717) is 11.8 Å². The van der Waals surface area contributed by atoms with E-state index < -0.39 is 5.97 Å². The summed E-state index contributed by atoms with van der Waals surface area (Å²) in [5, 5.41) is 10.4. The SMILES string of the molecule is O=C(O)Cc1c(C2CN3CCC2CC3)[nH]c2ccccc12. The maximum Gasteiger partial charge on any atom is 0.307 e. The largest absolute Gasteiger partial charge is 0.481 e. The minimum absolute atomic E-state index is 0.114. The zero-order valence-corrected chi connectivity index (χ0v) is 12.0. The molecule has 0 amide bonds. The van der Waals surface area contributed by atoms with Gasteiger partial charge in [-0.05, 0) is 43.5 Å². The average Bonchev–Trinajstić information content (AvgIpc) is 2.87. The minimum atomic E-state index is -0.748. The fourth-order valence-electron chi connectivity index (χ4n) is 4.17. The molecule has 2 N–H and O–H groups in total. The zero-order valence-electron chi connectivity index (χ0n) is 12.0. The van der Waals surface area contributed by atoms with Gasteiger partial charge in [0.15, 0.2) is 0 Å². The van der Waals surface area contributed by atoms with Gasteiger partial charge < -0.3 is 15.0 Å². The molecule has 1 unspecified atom stereocenters. The molecule has 3 saturated heterocycles. The lowest BCUT2D eigenvalue weighted by molar-refractivity contribution is -0.136. The molecular weight excluding hydrogens is 264 g/mol. The van der Waals surface area contributed by atoms with Crippen molar-refractivity contribution in [3.63, 3.8) is 0 Å². The normalized spacial score (nSPS) is 28.1. The fraction of sp³-hybridized carbons (Fsp3) is 0.471. The molecule has 2 aromatic rings. The molecule has 1 aromatic carbocycles. The summed E-state index contributed by atoms with van der Waals surface area (Å²) in [5.41, 5.74) is 3.24. The van der Waals surface area contributed by atoms with Crippen LogP contribution in [0.15, 0.2) is 24.3 Å². The molecule has 1 aromatic heterocycles. The van der Waals surface area contributed by atoms with Gasteiger partial charge in [0.1, 0.15) is 0 Å². The number of carboxylic acids is 1. The topological polar surface area (TPSA) is 56.3 Å². The van der Waals surface area contributed by atoms with E-state index in [1.807, 2.05) is 24.3 Å². The third kappa shape index (κ3) is 2.14. The summed E-state index contributed by atoms with van der Waals surface area (Å²) in [7, 11) is 0. The maximum atomic E-state index is 11.3. The van der Waals surface area contributed by atoms with Crippen molar-refractivity contribution in [1.29, 1.82) is 0 Å². The van der Waals surface area contributed by atoms with Gasteiger partial charge >= 0.3 is 5.97 Å². The van der Waals surface area contributed by atoms with E-state index in [1.54, 1.807) is 0 Å². The number of benzene rings is 1. The highest BCUT2D eigenvalue weighted by Gasteiger charge is 2.37. The molecule has 21 heavy (non-hydrogen) atoms. The molecule has 0 saturated carbocycles. The fourth-order valence-corrected chi connectivity index (χ4v) is 4.17. The Hall–Kier alpha value is -1.81. The van der Waals surface area contributed by atoms with Gasteiger partial charge in [-0.3, -0.25) is 4.79 Å². The lowest BCUT2D eigenvalue weighted by atomic mass is 9.76. The number of piperidine rings is 3. The molecule has 0 spiro atoms. The van der Waals surface area contributed by atoms with E-state index in [-0.39, 0.29) is 6.42 Å². The molecule has 4 nitrogen and oxygen atoms in total. The van der Waals surface area contributed by atoms with Crippen LogP contribution in [0.5, 0.6) is 0 Å². The number of aromatic amines is 1. The minimum Gasteiger partial charge on any atom is -0.481 e. The Balaban J connectivity index is 1.81. The summed E-state index contributed by atoms with van der Waals surface area (Å²) < 4.78 is 0. The first-order valence-corrected chi connectivity index (χ1v) is 7.76. The lowest BCUT2D eigenvalue weighted by Gasteiger charge is -2.44. The summed E-state index contributed by atoms with van der Waals surface area (Å²) in [6.45, 7) is 3.48. The van der Waals surface area contributed by atoms with Crippen molar-refractivity contribution in [2.75, 3.05) is 19.6 Å². The van der Waals surface area contributed by atoms with Crippen molar-refractivity contribution in [3.8, 4) is 0 Å². The second-order valence-corrected chi connectivity index (χ2v) is 6.38. The highest BCUT2D eigenvalue weighted by molar-refractivity contribution is 5.88. The molecule has 110 valence electrons. The van der Waals surface area contributed by atoms with E-state index in [0.717, 1.165) is 23.0 Å². The average molecular weight is 284 g/mol. The van der Waals surface area contributed by atoms with Crippen LogP contribution in [0.2, 0.25) is 0 Å². The Labute approximate surface area is 123 Å². The van der Waals surface area contributed by atoms with Gasteiger partial charge in [-0.15, -0.1) is 0 Å². The van der Waals surface area contributed by atoms with Gasteiger partial charge in [0.25, 0.3) is 0 Å². The number of H-pyrrole nitrogens is 1. The first kappa shape index (κ1) is 12.9. The van der Waals surface area contributed by atoms with Gasteiger partial charge in [0.05, 0.1) is 6.42 Å². The third-order valence-corrected chi connectivity index (χ3v) is 5.20. The second-order valence-electron chi connectivity index (χ2n) is 6.38. The van der Waals surface area contributed by atoms with Crippen molar-refractivity contribution in [1.82, 2.24) is 9.88 Å². The van der Waals surface area contributed by atoms with Crippen LogP contribution in [-0.4, -0.2) is 40.6 Å². The van der Waals surface area contributed by atoms with E-state index in [1.165, 1.54) is 31.6 Å². The van der Waals surface area contributed by atoms with Crippen LogP contribution < -0.4 is 0 Å². The number of nitrogens with zero attached hydrogens (tertiary/aromatic N) is 1. The Morgan fingerprint density at radius 1 is 1.29 bits per heavy atom. The molecule has 0 aliphatic carbocycles. The van der Waals surface area contributed by atoms with Crippen LogP contribution >= 0.6 is 0 Å². The van der Waals surface area contributed by atoms with Crippen molar-refractivity contribution in [3.05, 3.63) is 35.5 Å². The number of fused-ring (bicyclic) bond motifs is 4. The zero-order chi connectivity index (χ0) is 14.4. The lowest BCUT2D eigenvalue weighted by Crippen LogP contribution is -2.46. The maximum absolute atomic E-state index is 11.3. The number of nitrogens with one attached hydrogen (secondary N) is 1. The summed E-state index contributed by atoms with van der Waals surface area (Å²) >= 11 is 0. The van der Waals surface area contributed by atoms with Crippen molar-refractivity contribution in [2.24, 2.45) is 5.92 Å². The van der Waals surface area contributed by atoms with Crippen molar-refractivity contribution >= 4 is 16.9 Å². The van der Waals surface area contributed by atoms with Crippen LogP contribution in [0.3, 0.4) is 0 Å². The summed E-state index contributed by atoms with van der Waals surface area (Å²) in [6.07, 6.45) is 2.60. The van der Waals surface area contributed by atoms with Gasteiger partial charge in [-0.25, -0.2) is 0 Å². The quantitative estimate of drug-likeness (QED) is 0.911. The summed E-state index contributed by atoms with van der Waals surface area (Å²) in [4.78, 5) is 17.3. The van der Waals surface area contributed by atoms with Gasteiger partial charge in [-0.2, -0.15) is 0 Å². The van der Waals surface area contributed by atoms with Crippen LogP contribution in [-0.2, 0) is 11.2 Å². The Kier molecular flexibility index (Phi) is 3.00. The highest BCUT2D eigenvalue weighted by atomic mass is 16.4. The number of carbonyl (C=O) groups is 1. The van der Waals surface area contributed by atoms with E-state index in [9.17, 15) is 9.90 Å². The Morgan fingerprint density at radius 2 is 2.05 bits per heavy atom. The molecule has 3 aliphatic heterocycles. The molecule has 3 aliphatic rings. The second kappa shape index (κ2) is 4.88. The molecule has 1 atom stereocenters.